The van der Waals surface area contributed by atoms with Gasteiger partial charge in [-0.05, 0) is 59.4 Å². The predicted molar refractivity (Wildman–Crippen MR) is 147 cm³/mol. The fourth-order valence-electron chi connectivity index (χ4n) is 4.49. The Kier molecular flexibility index (Phi) is 8.33. The molecular weight excluding hydrogens is 466 g/mol. The first-order valence-electron chi connectivity index (χ1n) is 12.6. The average Bonchev–Trinajstić information content (AvgIpc) is 2.90. The quantitative estimate of drug-likeness (QED) is 0.400. The standard InChI is InChI=1S/C30H35N3O4/c1-21(2)24-10-6-23(7-11-24)20-32-16-5-17-33(30(32)35)27-19-25(12-15-28(27)37-4)31-29(34)18-22-8-13-26(36-3)14-9-22/h6-15,19,21H,5,16-18,20H2,1-4H3,(H,31,34). The van der Waals surface area contributed by atoms with Crippen LogP contribution in [0.5, 0.6) is 11.5 Å². The summed E-state index contributed by atoms with van der Waals surface area (Å²) in [5.41, 5.74) is 4.53. The molecule has 194 valence electrons. The van der Waals surface area contributed by atoms with E-state index in [0.717, 1.165) is 23.3 Å². The Morgan fingerprint density at radius 3 is 2.27 bits per heavy atom. The van der Waals surface area contributed by atoms with Crippen molar-refractivity contribution in [1.29, 1.82) is 0 Å². The van der Waals surface area contributed by atoms with Gasteiger partial charge in [-0.25, -0.2) is 4.79 Å². The number of nitrogens with zero attached hydrogens (tertiary/aromatic N) is 2. The highest BCUT2D eigenvalue weighted by atomic mass is 16.5. The van der Waals surface area contributed by atoms with Crippen molar-refractivity contribution >= 4 is 23.3 Å². The van der Waals surface area contributed by atoms with Crippen molar-refractivity contribution in [3.05, 3.63) is 83.4 Å². The van der Waals surface area contributed by atoms with Crippen LogP contribution in [0.2, 0.25) is 0 Å². The Hall–Kier alpha value is -4.00. The largest absolute Gasteiger partial charge is 0.497 e. The summed E-state index contributed by atoms with van der Waals surface area (Å²) >= 11 is 0. The van der Waals surface area contributed by atoms with Crippen LogP contribution in [-0.2, 0) is 17.8 Å². The summed E-state index contributed by atoms with van der Waals surface area (Å²) in [7, 11) is 3.20. The maximum atomic E-state index is 13.5. The first-order valence-corrected chi connectivity index (χ1v) is 12.6. The number of carbonyl (C=O) groups excluding carboxylic acids is 2. The van der Waals surface area contributed by atoms with E-state index in [4.69, 9.17) is 9.47 Å². The van der Waals surface area contributed by atoms with Crippen LogP contribution < -0.4 is 19.7 Å². The Bertz CT molecular complexity index is 1220. The molecule has 1 heterocycles. The number of anilines is 2. The summed E-state index contributed by atoms with van der Waals surface area (Å²) in [5, 5.41) is 2.95. The Labute approximate surface area is 219 Å². The van der Waals surface area contributed by atoms with E-state index < -0.39 is 0 Å². The van der Waals surface area contributed by atoms with Crippen molar-refractivity contribution < 1.29 is 19.1 Å². The van der Waals surface area contributed by atoms with Crippen LogP contribution in [0.25, 0.3) is 0 Å². The number of rotatable bonds is 9. The van der Waals surface area contributed by atoms with Crippen LogP contribution in [-0.4, -0.2) is 44.1 Å². The Morgan fingerprint density at radius 1 is 0.919 bits per heavy atom. The zero-order valence-corrected chi connectivity index (χ0v) is 22.0. The summed E-state index contributed by atoms with van der Waals surface area (Å²) in [6.07, 6.45) is 1.07. The van der Waals surface area contributed by atoms with Crippen LogP contribution in [0.4, 0.5) is 16.2 Å². The smallest absolute Gasteiger partial charge is 0.324 e. The lowest BCUT2D eigenvalue weighted by atomic mass is 10.0. The topological polar surface area (TPSA) is 71.1 Å². The molecule has 0 aliphatic carbocycles. The van der Waals surface area contributed by atoms with Crippen molar-refractivity contribution in [2.24, 2.45) is 0 Å². The second-order valence-corrected chi connectivity index (χ2v) is 9.57. The van der Waals surface area contributed by atoms with Crippen LogP contribution in [0.15, 0.2) is 66.7 Å². The number of nitrogens with one attached hydrogen (secondary N) is 1. The molecule has 7 nitrogen and oxygen atoms in total. The molecule has 0 atom stereocenters. The number of hydrogen-bond acceptors (Lipinski definition) is 4. The van der Waals surface area contributed by atoms with Gasteiger partial charge in [-0.3, -0.25) is 9.69 Å². The van der Waals surface area contributed by atoms with E-state index >= 15 is 0 Å². The number of carbonyl (C=O) groups is 2. The molecule has 1 N–H and O–H groups in total. The minimum Gasteiger partial charge on any atom is -0.497 e. The second kappa shape index (κ2) is 11.8. The lowest BCUT2D eigenvalue weighted by Gasteiger charge is -2.36. The van der Waals surface area contributed by atoms with Crippen molar-refractivity contribution in [1.82, 2.24) is 4.90 Å². The number of amides is 3. The fraction of sp³-hybridized carbons (Fsp3) is 0.333. The molecule has 37 heavy (non-hydrogen) atoms. The molecule has 3 aromatic rings. The summed E-state index contributed by atoms with van der Waals surface area (Å²) in [4.78, 5) is 29.8. The molecule has 0 bridgehead atoms. The zero-order valence-electron chi connectivity index (χ0n) is 22.0. The zero-order chi connectivity index (χ0) is 26.4. The Morgan fingerprint density at radius 2 is 1.62 bits per heavy atom. The Balaban J connectivity index is 1.47. The van der Waals surface area contributed by atoms with Crippen molar-refractivity contribution in [2.45, 2.75) is 39.2 Å². The van der Waals surface area contributed by atoms with Crippen LogP contribution in [0.3, 0.4) is 0 Å². The lowest BCUT2D eigenvalue weighted by molar-refractivity contribution is -0.115. The van der Waals surface area contributed by atoms with E-state index in [1.807, 2.05) is 35.2 Å². The van der Waals surface area contributed by atoms with E-state index in [9.17, 15) is 9.59 Å². The van der Waals surface area contributed by atoms with E-state index in [2.05, 4.69) is 43.4 Å². The molecule has 0 unspecified atom stereocenters. The minimum absolute atomic E-state index is 0.0702. The SMILES string of the molecule is COc1ccc(CC(=O)Nc2ccc(OC)c(N3CCCN(Cc4ccc(C(C)C)cc4)C3=O)c2)cc1. The van der Waals surface area contributed by atoms with Gasteiger partial charge in [-0.1, -0.05) is 50.2 Å². The first-order chi connectivity index (χ1) is 17.9. The van der Waals surface area contributed by atoms with Crippen molar-refractivity contribution in [2.75, 3.05) is 37.5 Å². The fourth-order valence-corrected chi connectivity index (χ4v) is 4.49. The molecule has 1 aliphatic rings. The lowest BCUT2D eigenvalue weighted by Crippen LogP contribution is -2.49. The number of hydrogen-bond donors (Lipinski definition) is 1. The molecule has 7 heteroatoms. The molecule has 3 amide bonds. The molecule has 1 saturated heterocycles. The highest BCUT2D eigenvalue weighted by Crippen LogP contribution is 2.34. The van der Waals surface area contributed by atoms with E-state index in [0.29, 0.717) is 42.7 Å². The third-order valence-electron chi connectivity index (χ3n) is 6.61. The molecule has 0 radical (unpaired) electrons. The summed E-state index contributed by atoms with van der Waals surface area (Å²) in [6, 6.07) is 21.2. The van der Waals surface area contributed by atoms with Crippen LogP contribution >= 0.6 is 0 Å². The molecule has 0 aromatic heterocycles. The molecule has 3 aromatic carbocycles. The van der Waals surface area contributed by atoms with Gasteiger partial charge >= 0.3 is 6.03 Å². The van der Waals surface area contributed by atoms with Gasteiger partial charge in [0.2, 0.25) is 5.91 Å². The van der Waals surface area contributed by atoms with Crippen molar-refractivity contribution in [3.63, 3.8) is 0 Å². The maximum Gasteiger partial charge on any atom is 0.324 e. The van der Waals surface area contributed by atoms with E-state index in [1.54, 1.807) is 31.3 Å². The summed E-state index contributed by atoms with van der Waals surface area (Å²) < 4.78 is 10.8. The molecule has 0 spiro atoms. The predicted octanol–water partition coefficient (Wildman–Crippen LogP) is 5.84. The molecule has 4 rings (SSSR count). The monoisotopic (exact) mass is 501 g/mol. The van der Waals surface area contributed by atoms with Gasteiger partial charge in [0.05, 0.1) is 26.3 Å². The van der Waals surface area contributed by atoms with Crippen molar-refractivity contribution in [3.8, 4) is 11.5 Å². The third-order valence-corrected chi connectivity index (χ3v) is 6.61. The normalized spacial score (nSPS) is 13.6. The van der Waals surface area contributed by atoms with Gasteiger partial charge in [0, 0.05) is 25.3 Å². The summed E-state index contributed by atoms with van der Waals surface area (Å²) in [6.45, 7) is 6.17. The number of ether oxygens (including phenoxy) is 2. The highest BCUT2D eigenvalue weighted by Gasteiger charge is 2.29. The second-order valence-electron chi connectivity index (χ2n) is 9.57. The highest BCUT2D eigenvalue weighted by molar-refractivity contribution is 5.97. The first kappa shape index (κ1) is 26.1. The van der Waals surface area contributed by atoms with Gasteiger partial charge in [-0.15, -0.1) is 0 Å². The maximum absolute atomic E-state index is 13.5. The molecular formula is C30H35N3O4. The van der Waals surface area contributed by atoms with Gasteiger partial charge in [-0.2, -0.15) is 0 Å². The van der Waals surface area contributed by atoms with Gasteiger partial charge in [0.25, 0.3) is 0 Å². The summed E-state index contributed by atoms with van der Waals surface area (Å²) in [5.74, 6) is 1.66. The molecule has 0 saturated carbocycles. The molecule has 1 fully saturated rings. The van der Waals surface area contributed by atoms with E-state index in [1.165, 1.54) is 5.56 Å². The number of urea groups is 1. The van der Waals surface area contributed by atoms with E-state index in [-0.39, 0.29) is 18.4 Å². The number of benzene rings is 3. The average molecular weight is 502 g/mol. The molecule has 1 aliphatic heterocycles. The van der Waals surface area contributed by atoms with Crippen LogP contribution in [0.1, 0.15) is 42.9 Å². The van der Waals surface area contributed by atoms with Gasteiger partial charge < -0.3 is 19.7 Å². The van der Waals surface area contributed by atoms with Gasteiger partial charge in [0.1, 0.15) is 11.5 Å². The number of methoxy groups -OCH3 is 2. The minimum atomic E-state index is -0.141. The third kappa shape index (κ3) is 6.42. The van der Waals surface area contributed by atoms with Gasteiger partial charge in [0.15, 0.2) is 0 Å². The van der Waals surface area contributed by atoms with Crippen LogP contribution in [0, 0.1) is 0 Å².